The molecular formula is C5H10N8. The molecule has 0 saturated heterocycles. The van der Waals surface area contributed by atoms with Gasteiger partial charge < -0.3 is 17.2 Å². The van der Waals surface area contributed by atoms with Gasteiger partial charge in [-0.3, -0.25) is 4.57 Å². The second kappa shape index (κ2) is 3.52. The molecule has 0 fully saturated rings. The molecule has 0 bridgehead atoms. The quantitative estimate of drug-likeness (QED) is 0.257. The van der Waals surface area contributed by atoms with Crippen LogP contribution in [0.3, 0.4) is 0 Å². The average Bonchev–Trinajstić information content (AvgIpc) is 2.09. The summed E-state index contributed by atoms with van der Waals surface area (Å²) in [6.07, 6.45) is 1.04. The average molecular weight is 182 g/mol. The Balaban J connectivity index is 3.36. The third-order valence-electron chi connectivity index (χ3n) is 1.30. The van der Waals surface area contributed by atoms with Crippen molar-refractivity contribution < 1.29 is 0 Å². The molecule has 0 unspecified atom stereocenters. The zero-order valence-corrected chi connectivity index (χ0v) is 7.05. The predicted octanol–water partition coefficient (Wildman–Crippen LogP) is -2.22. The van der Waals surface area contributed by atoms with Crippen molar-refractivity contribution in [2.24, 2.45) is 23.0 Å². The molecular weight excluding hydrogens is 172 g/mol. The zero-order chi connectivity index (χ0) is 9.84. The van der Waals surface area contributed by atoms with E-state index < -0.39 is 0 Å². The van der Waals surface area contributed by atoms with Gasteiger partial charge in [0.25, 0.3) is 5.62 Å². The van der Waals surface area contributed by atoms with Crippen LogP contribution in [0, 0.1) is 0 Å². The van der Waals surface area contributed by atoms with Gasteiger partial charge in [0.2, 0.25) is 11.9 Å². The first-order chi connectivity index (χ1) is 6.15. The molecule has 1 aromatic rings. The standard InChI is InChI=1S/C5H10N8/c1-13-4(8)10-3(7)11-5(13)12-9-2-6/h2H,1H3,(H2,6,9)(H4,7,8,10,11,12). The fourth-order valence-electron chi connectivity index (χ4n) is 0.672. The van der Waals surface area contributed by atoms with Crippen molar-refractivity contribution in [1.29, 1.82) is 0 Å². The second-order valence-corrected chi connectivity index (χ2v) is 2.16. The van der Waals surface area contributed by atoms with Gasteiger partial charge in [0.1, 0.15) is 6.34 Å². The lowest BCUT2D eigenvalue weighted by atomic mass is 10.8. The molecule has 0 aliphatic heterocycles. The third kappa shape index (κ3) is 1.92. The van der Waals surface area contributed by atoms with Gasteiger partial charge in [-0.1, -0.05) is 0 Å². The molecule has 0 saturated carbocycles. The van der Waals surface area contributed by atoms with Crippen molar-refractivity contribution >= 4 is 18.2 Å². The molecule has 0 aliphatic rings. The Kier molecular flexibility index (Phi) is 2.43. The van der Waals surface area contributed by atoms with Crippen LogP contribution >= 0.6 is 0 Å². The van der Waals surface area contributed by atoms with E-state index in [0.717, 1.165) is 6.34 Å². The zero-order valence-electron chi connectivity index (χ0n) is 7.05. The summed E-state index contributed by atoms with van der Waals surface area (Å²) in [4.78, 5) is 7.49. The first-order valence-electron chi connectivity index (χ1n) is 3.38. The molecule has 1 rings (SSSR count). The molecule has 8 heteroatoms. The van der Waals surface area contributed by atoms with Crippen LogP contribution < -0.4 is 22.8 Å². The molecule has 0 aliphatic carbocycles. The summed E-state index contributed by atoms with van der Waals surface area (Å²) in [5.41, 5.74) is 16.1. The number of hydrogen-bond donors (Lipinski definition) is 3. The lowest BCUT2D eigenvalue weighted by molar-refractivity contribution is 0.752. The summed E-state index contributed by atoms with van der Waals surface area (Å²) in [6.45, 7) is 0. The van der Waals surface area contributed by atoms with E-state index in [1.54, 1.807) is 7.05 Å². The van der Waals surface area contributed by atoms with E-state index in [0.29, 0.717) is 0 Å². The van der Waals surface area contributed by atoms with Crippen molar-refractivity contribution in [1.82, 2.24) is 14.5 Å². The maximum atomic E-state index is 5.48. The number of nitrogens with zero attached hydrogens (tertiary/aromatic N) is 5. The molecule has 0 aromatic carbocycles. The van der Waals surface area contributed by atoms with E-state index in [2.05, 4.69) is 20.2 Å². The van der Waals surface area contributed by atoms with E-state index in [1.165, 1.54) is 4.57 Å². The van der Waals surface area contributed by atoms with Crippen molar-refractivity contribution in [3.05, 3.63) is 5.62 Å². The minimum atomic E-state index is 0.0431. The minimum absolute atomic E-state index is 0.0431. The monoisotopic (exact) mass is 182 g/mol. The molecule has 0 atom stereocenters. The van der Waals surface area contributed by atoms with Crippen LogP contribution in [0.15, 0.2) is 10.2 Å². The van der Waals surface area contributed by atoms with Gasteiger partial charge in [0.05, 0.1) is 0 Å². The fourth-order valence-corrected chi connectivity index (χ4v) is 0.672. The molecule has 70 valence electrons. The maximum Gasteiger partial charge on any atom is 0.255 e. The molecule has 13 heavy (non-hydrogen) atoms. The van der Waals surface area contributed by atoms with Crippen molar-refractivity contribution in [2.75, 3.05) is 11.5 Å². The largest absolute Gasteiger partial charge is 0.388 e. The summed E-state index contributed by atoms with van der Waals surface area (Å²) in [5, 5.41) is 7.08. The van der Waals surface area contributed by atoms with Crippen molar-refractivity contribution in [3.63, 3.8) is 0 Å². The van der Waals surface area contributed by atoms with Crippen LogP contribution in [0.1, 0.15) is 0 Å². The highest BCUT2D eigenvalue weighted by atomic mass is 15.3. The maximum absolute atomic E-state index is 5.48. The number of nitrogens with two attached hydrogens (primary N) is 3. The summed E-state index contributed by atoms with van der Waals surface area (Å²) >= 11 is 0. The topological polar surface area (TPSA) is 133 Å². The number of aromatic nitrogens is 3. The number of anilines is 2. The summed E-state index contributed by atoms with van der Waals surface area (Å²) in [7, 11) is 1.64. The first-order valence-corrected chi connectivity index (χ1v) is 3.38. The molecule has 1 aromatic heterocycles. The summed E-state index contributed by atoms with van der Waals surface area (Å²) in [5.74, 6) is 0.250. The Bertz CT molecular complexity index is 388. The lowest BCUT2D eigenvalue weighted by Gasteiger charge is -2.01. The van der Waals surface area contributed by atoms with E-state index in [1.807, 2.05) is 0 Å². The summed E-state index contributed by atoms with van der Waals surface area (Å²) < 4.78 is 1.43. The number of hydrogen-bond acceptors (Lipinski definition) is 6. The van der Waals surface area contributed by atoms with Gasteiger partial charge in [0, 0.05) is 7.05 Å². The van der Waals surface area contributed by atoms with E-state index >= 15 is 0 Å². The Morgan fingerprint density at radius 1 is 1.38 bits per heavy atom. The van der Waals surface area contributed by atoms with Crippen LogP contribution in [0.2, 0.25) is 0 Å². The highest BCUT2D eigenvalue weighted by Gasteiger charge is 1.97. The van der Waals surface area contributed by atoms with Gasteiger partial charge in [-0.2, -0.15) is 9.97 Å². The van der Waals surface area contributed by atoms with E-state index in [9.17, 15) is 0 Å². The summed E-state index contributed by atoms with van der Waals surface area (Å²) in [6, 6.07) is 0. The number of nitrogen functional groups attached to an aromatic ring is 2. The van der Waals surface area contributed by atoms with Crippen LogP contribution in [-0.4, -0.2) is 20.9 Å². The Morgan fingerprint density at radius 2 is 2.08 bits per heavy atom. The van der Waals surface area contributed by atoms with Crippen LogP contribution in [0.4, 0.5) is 11.9 Å². The predicted molar refractivity (Wildman–Crippen MR) is 48.1 cm³/mol. The molecule has 1 heterocycles. The SMILES string of the molecule is Cn1c(N)nc(N)n/c1=N/N=C/N. The van der Waals surface area contributed by atoms with Crippen LogP contribution in [0.5, 0.6) is 0 Å². The van der Waals surface area contributed by atoms with E-state index in [-0.39, 0.29) is 17.5 Å². The molecule has 8 nitrogen and oxygen atoms in total. The van der Waals surface area contributed by atoms with E-state index in [4.69, 9.17) is 17.2 Å². The lowest BCUT2D eigenvalue weighted by Crippen LogP contribution is -2.26. The van der Waals surface area contributed by atoms with Crippen LogP contribution in [0.25, 0.3) is 0 Å². The Hall–Kier alpha value is -2.12. The second-order valence-electron chi connectivity index (χ2n) is 2.16. The van der Waals surface area contributed by atoms with Crippen molar-refractivity contribution in [2.45, 2.75) is 0 Å². The van der Waals surface area contributed by atoms with Gasteiger partial charge in [-0.15, -0.1) is 10.2 Å². The smallest absolute Gasteiger partial charge is 0.255 e. The Morgan fingerprint density at radius 3 is 2.69 bits per heavy atom. The van der Waals surface area contributed by atoms with Gasteiger partial charge >= 0.3 is 0 Å². The number of rotatable bonds is 1. The normalized spacial score (nSPS) is 12.5. The fraction of sp³-hybridized carbons (Fsp3) is 0.200. The van der Waals surface area contributed by atoms with Crippen LogP contribution in [-0.2, 0) is 7.05 Å². The van der Waals surface area contributed by atoms with Gasteiger partial charge in [-0.25, -0.2) is 0 Å². The highest BCUT2D eigenvalue weighted by molar-refractivity contribution is 5.50. The molecule has 0 spiro atoms. The minimum Gasteiger partial charge on any atom is -0.388 e. The highest BCUT2D eigenvalue weighted by Crippen LogP contribution is 1.91. The van der Waals surface area contributed by atoms with Crippen molar-refractivity contribution in [3.8, 4) is 0 Å². The first kappa shape index (κ1) is 8.97. The van der Waals surface area contributed by atoms with Gasteiger partial charge in [0.15, 0.2) is 0 Å². The Labute approximate surface area is 73.8 Å². The molecule has 0 radical (unpaired) electrons. The third-order valence-corrected chi connectivity index (χ3v) is 1.30. The molecule has 6 N–H and O–H groups in total. The van der Waals surface area contributed by atoms with Gasteiger partial charge in [-0.05, 0) is 0 Å². The molecule has 0 amide bonds.